The minimum absolute atomic E-state index is 0.280. The Morgan fingerprint density at radius 3 is 2.03 bits per heavy atom. The van der Waals surface area contributed by atoms with Crippen molar-refractivity contribution in [3.05, 3.63) is 59.4 Å². The number of aromatic nitrogens is 1. The molecule has 6 heteroatoms. The van der Waals surface area contributed by atoms with Gasteiger partial charge in [0.15, 0.2) is 0 Å². The Hall–Kier alpha value is -1.43. The Kier molecular flexibility index (Phi) is 11.4. The van der Waals surface area contributed by atoms with Crippen molar-refractivity contribution in [3.63, 3.8) is 0 Å². The highest BCUT2D eigenvalue weighted by Gasteiger charge is 2.24. The van der Waals surface area contributed by atoms with Gasteiger partial charge in [-0.1, -0.05) is 82.4 Å². The molecule has 2 rings (SSSR count). The third-order valence-electron chi connectivity index (χ3n) is 5.29. The van der Waals surface area contributed by atoms with Crippen molar-refractivity contribution in [1.82, 2.24) is 9.29 Å². The van der Waals surface area contributed by atoms with Gasteiger partial charge in [0, 0.05) is 30.5 Å². The average molecular weight is 451 g/mol. The lowest BCUT2D eigenvalue weighted by molar-refractivity contribution is 0.390. The zero-order chi connectivity index (χ0) is 21.7. The predicted molar refractivity (Wildman–Crippen MR) is 125 cm³/mol. The van der Waals surface area contributed by atoms with E-state index in [0.717, 1.165) is 24.8 Å². The van der Waals surface area contributed by atoms with Gasteiger partial charge in [-0.15, -0.1) is 0 Å². The summed E-state index contributed by atoms with van der Waals surface area (Å²) >= 11 is 5.93. The number of nitrogens with zero attached hydrogens (tertiary/aromatic N) is 2. The van der Waals surface area contributed by atoms with Gasteiger partial charge in [-0.3, -0.25) is 4.98 Å². The minimum Gasteiger partial charge on any atom is -0.264 e. The number of benzene rings is 1. The van der Waals surface area contributed by atoms with E-state index in [1.165, 1.54) is 44.9 Å². The molecular weight excluding hydrogens is 416 g/mol. The first-order chi connectivity index (χ1) is 14.5. The summed E-state index contributed by atoms with van der Waals surface area (Å²) in [6, 6.07) is 10.1. The maximum atomic E-state index is 13.2. The summed E-state index contributed by atoms with van der Waals surface area (Å²) in [6.07, 6.45) is 15.7. The standard InChI is InChI=1S/C24H35ClN2O2S/c1-2-3-4-5-6-7-8-9-10-11-19-27(21-22-13-12-18-26-20-22)30(28,29)24-16-14-23(25)15-17-24/h12-18,20H,2-11,19,21H2,1H3. The fraction of sp³-hybridized carbons (Fsp3) is 0.542. The molecule has 166 valence electrons. The van der Waals surface area contributed by atoms with Crippen LogP contribution in [-0.2, 0) is 16.6 Å². The molecule has 0 N–H and O–H groups in total. The average Bonchev–Trinajstić information content (AvgIpc) is 2.75. The number of unbranched alkanes of at least 4 members (excludes halogenated alkanes) is 9. The van der Waals surface area contributed by atoms with E-state index in [9.17, 15) is 8.42 Å². The zero-order valence-electron chi connectivity index (χ0n) is 18.1. The van der Waals surface area contributed by atoms with Crippen LogP contribution in [0, 0.1) is 0 Å². The molecule has 2 aromatic rings. The van der Waals surface area contributed by atoms with Crippen LogP contribution in [-0.4, -0.2) is 24.3 Å². The van der Waals surface area contributed by atoms with Gasteiger partial charge in [-0.25, -0.2) is 8.42 Å². The SMILES string of the molecule is CCCCCCCCCCCCN(Cc1cccnc1)S(=O)(=O)c1ccc(Cl)cc1. The number of rotatable bonds is 15. The molecule has 0 fully saturated rings. The van der Waals surface area contributed by atoms with Crippen molar-refractivity contribution in [1.29, 1.82) is 0 Å². The Bertz CT molecular complexity index is 811. The molecule has 0 aliphatic rings. The predicted octanol–water partition coefficient (Wildman–Crippen LogP) is 6.85. The molecular formula is C24H35ClN2O2S. The lowest BCUT2D eigenvalue weighted by atomic mass is 10.1. The molecule has 1 heterocycles. The molecule has 0 aliphatic carbocycles. The Morgan fingerprint density at radius 1 is 0.867 bits per heavy atom. The first kappa shape index (κ1) is 24.8. The summed E-state index contributed by atoms with van der Waals surface area (Å²) in [7, 11) is -3.58. The van der Waals surface area contributed by atoms with E-state index < -0.39 is 10.0 Å². The van der Waals surface area contributed by atoms with E-state index in [2.05, 4.69) is 11.9 Å². The van der Waals surface area contributed by atoms with Crippen molar-refractivity contribution in [2.75, 3.05) is 6.54 Å². The van der Waals surface area contributed by atoms with Gasteiger partial charge in [0.05, 0.1) is 4.90 Å². The molecule has 0 radical (unpaired) electrons. The molecule has 4 nitrogen and oxygen atoms in total. The second-order valence-electron chi connectivity index (χ2n) is 7.84. The molecule has 0 atom stereocenters. The summed E-state index contributed by atoms with van der Waals surface area (Å²) in [5.41, 5.74) is 0.891. The van der Waals surface area contributed by atoms with Crippen LogP contribution in [0.4, 0.5) is 0 Å². The van der Waals surface area contributed by atoms with Crippen LogP contribution in [0.15, 0.2) is 53.7 Å². The van der Waals surface area contributed by atoms with Crippen molar-refractivity contribution in [3.8, 4) is 0 Å². The quantitative estimate of drug-likeness (QED) is 0.279. The van der Waals surface area contributed by atoms with Crippen molar-refractivity contribution < 1.29 is 8.42 Å². The third-order valence-corrected chi connectivity index (χ3v) is 7.41. The molecule has 1 aromatic carbocycles. The second kappa shape index (κ2) is 13.8. The highest BCUT2D eigenvalue weighted by Crippen LogP contribution is 2.21. The van der Waals surface area contributed by atoms with Crippen LogP contribution in [0.5, 0.6) is 0 Å². The van der Waals surface area contributed by atoms with Crippen molar-refractivity contribution >= 4 is 21.6 Å². The molecule has 0 aliphatic heterocycles. The zero-order valence-corrected chi connectivity index (χ0v) is 19.7. The summed E-state index contributed by atoms with van der Waals surface area (Å²) in [4.78, 5) is 4.40. The molecule has 0 amide bonds. The van der Waals surface area contributed by atoms with Gasteiger partial charge in [0.1, 0.15) is 0 Å². The summed E-state index contributed by atoms with van der Waals surface area (Å²) < 4.78 is 28.0. The lowest BCUT2D eigenvalue weighted by Gasteiger charge is -2.22. The molecule has 1 aromatic heterocycles. The smallest absolute Gasteiger partial charge is 0.243 e. The van der Waals surface area contributed by atoms with E-state index in [0.29, 0.717) is 18.1 Å². The largest absolute Gasteiger partial charge is 0.264 e. The number of sulfonamides is 1. The van der Waals surface area contributed by atoms with Gasteiger partial charge in [0.25, 0.3) is 0 Å². The van der Waals surface area contributed by atoms with Crippen molar-refractivity contribution in [2.45, 2.75) is 82.6 Å². The molecule has 0 saturated carbocycles. The van der Waals surface area contributed by atoms with Crippen LogP contribution < -0.4 is 0 Å². The number of halogens is 1. The first-order valence-electron chi connectivity index (χ1n) is 11.2. The molecule has 0 saturated heterocycles. The van der Waals surface area contributed by atoms with Crippen LogP contribution in [0.3, 0.4) is 0 Å². The van der Waals surface area contributed by atoms with E-state index in [1.54, 1.807) is 41.0 Å². The first-order valence-corrected chi connectivity index (χ1v) is 13.0. The minimum atomic E-state index is -3.58. The molecule has 0 spiro atoms. The van der Waals surface area contributed by atoms with Crippen LogP contribution >= 0.6 is 11.6 Å². The van der Waals surface area contributed by atoms with Gasteiger partial charge in [-0.2, -0.15) is 4.31 Å². The van der Waals surface area contributed by atoms with E-state index in [4.69, 9.17) is 11.6 Å². The topological polar surface area (TPSA) is 50.3 Å². The molecule has 30 heavy (non-hydrogen) atoms. The summed E-state index contributed by atoms with van der Waals surface area (Å²) in [6.45, 7) is 3.08. The van der Waals surface area contributed by atoms with E-state index >= 15 is 0 Å². The maximum Gasteiger partial charge on any atom is 0.243 e. The van der Waals surface area contributed by atoms with Crippen molar-refractivity contribution in [2.24, 2.45) is 0 Å². The number of hydrogen-bond donors (Lipinski definition) is 0. The van der Waals surface area contributed by atoms with Crippen LogP contribution in [0.2, 0.25) is 5.02 Å². The lowest BCUT2D eigenvalue weighted by Crippen LogP contribution is -2.31. The summed E-state index contributed by atoms with van der Waals surface area (Å²) in [5.74, 6) is 0. The molecule has 0 unspecified atom stereocenters. The van der Waals surface area contributed by atoms with Gasteiger partial charge in [-0.05, 0) is 42.3 Å². The van der Waals surface area contributed by atoms with Gasteiger partial charge < -0.3 is 0 Å². The second-order valence-corrected chi connectivity index (χ2v) is 10.2. The van der Waals surface area contributed by atoms with Crippen LogP contribution in [0.1, 0.15) is 76.7 Å². The Labute approximate surface area is 187 Å². The Balaban J connectivity index is 1.87. The monoisotopic (exact) mass is 450 g/mol. The maximum absolute atomic E-state index is 13.2. The number of pyridine rings is 1. The van der Waals surface area contributed by atoms with Gasteiger partial charge in [0.2, 0.25) is 10.0 Å². The highest BCUT2D eigenvalue weighted by molar-refractivity contribution is 7.89. The third kappa shape index (κ3) is 8.75. The Morgan fingerprint density at radius 2 is 1.47 bits per heavy atom. The van der Waals surface area contributed by atoms with E-state index in [-0.39, 0.29) is 4.90 Å². The van der Waals surface area contributed by atoms with Gasteiger partial charge >= 0.3 is 0 Å². The number of hydrogen-bond acceptors (Lipinski definition) is 3. The highest BCUT2D eigenvalue weighted by atomic mass is 35.5. The fourth-order valence-electron chi connectivity index (χ4n) is 3.51. The molecule has 0 bridgehead atoms. The summed E-state index contributed by atoms with van der Waals surface area (Å²) in [5, 5.41) is 0.530. The van der Waals surface area contributed by atoms with E-state index in [1.807, 2.05) is 12.1 Å². The fourth-order valence-corrected chi connectivity index (χ4v) is 5.10. The van der Waals surface area contributed by atoms with Crippen LogP contribution in [0.25, 0.3) is 0 Å². The normalized spacial score (nSPS) is 11.8.